The van der Waals surface area contributed by atoms with Crippen molar-refractivity contribution in [3.63, 3.8) is 0 Å². The highest BCUT2D eigenvalue weighted by molar-refractivity contribution is 6.06. The molecular formula is C61H42N2O. The normalized spacial score (nSPS) is 12.7. The first-order chi connectivity index (χ1) is 31.5. The molecule has 3 heteroatoms. The Hall–Kier alpha value is -8.14. The van der Waals surface area contributed by atoms with Crippen LogP contribution >= 0.6 is 0 Å². The van der Waals surface area contributed by atoms with Crippen molar-refractivity contribution in [2.45, 2.75) is 19.3 Å². The molecule has 9 aromatic carbocycles. The zero-order chi connectivity index (χ0) is 42.8. The van der Waals surface area contributed by atoms with E-state index < -0.39 is 0 Å². The Morgan fingerprint density at radius 1 is 0.328 bits per heavy atom. The van der Waals surface area contributed by atoms with Crippen LogP contribution in [0.15, 0.2) is 223 Å². The Morgan fingerprint density at radius 2 is 0.859 bits per heavy atom. The van der Waals surface area contributed by atoms with E-state index in [1.54, 1.807) is 0 Å². The van der Waals surface area contributed by atoms with Crippen molar-refractivity contribution in [1.29, 1.82) is 0 Å². The number of para-hydroxylation sites is 1. The molecule has 0 bridgehead atoms. The van der Waals surface area contributed by atoms with Crippen LogP contribution in [0.1, 0.15) is 25.0 Å². The first-order valence-corrected chi connectivity index (χ1v) is 22.0. The summed E-state index contributed by atoms with van der Waals surface area (Å²) in [5.41, 5.74) is 21.0. The summed E-state index contributed by atoms with van der Waals surface area (Å²) in [6, 6.07) is 78.0. The molecule has 0 amide bonds. The molecular weight excluding hydrogens is 777 g/mol. The SMILES string of the molecule is CC1(C)c2ccccc2-c2c(-c3ccc(-c4cc(-c5cc(-c6ccc7oc8ccccc8c7c6)cc(-c6ccccc6-c6ccccc6)c5)nc(-c5ccccc5)n4)cc3)cccc21. The predicted octanol–water partition coefficient (Wildman–Crippen LogP) is 16.4. The van der Waals surface area contributed by atoms with Gasteiger partial charge in [-0.25, -0.2) is 9.97 Å². The molecule has 1 aliphatic carbocycles. The minimum Gasteiger partial charge on any atom is -0.456 e. The molecule has 0 saturated heterocycles. The fraction of sp³-hybridized carbons (Fsp3) is 0.0492. The molecule has 0 N–H and O–H groups in total. The van der Waals surface area contributed by atoms with Gasteiger partial charge in [0.1, 0.15) is 11.2 Å². The Morgan fingerprint density at radius 3 is 1.64 bits per heavy atom. The molecule has 0 unspecified atom stereocenters. The zero-order valence-corrected chi connectivity index (χ0v) is 35.6. The third-order valence-electron chi connectivity index (χ3n) is 13.1. The second kappa shape index (κ2) is 15.0. The maximum Gasteiger partial charge on any atom is 0.160 e. The first kappa shape index (κ1) is 37.6. The van der Waals surface area contributed by atoms with Crippen LogP contribution in [-0.2, 0) is 5.41 Å². The van der Waals surface area contributed by atoms with Gasteiger partial charge in [-0.05, 0) is 109 Å². The molecule has 1 aliphatic rings. The van der Waals surface area contributed by atoms with Gasteiger partial charge in [0.15, 0.2) is 5.82 Å². The molecule has 12 rings (SSSR count). The summed E-state index contributed by atoms with van der Waals surface area (Å²) in [4.78, 5) is 10.6. The van der Waals surface area contributed by atoms with E-state index in [4.69, 9.17) is 14.4 Å². The van der Waals surface area contributed by atoms with Crippen LogP contribution in [-0.4, -0.2) is 9.97 Å². The summed E-state index contributed by atoms with van der Waals surface area (Å²) in [6.45, 7) is 4.67. The molecule has 0 fully saturated rings. The van der Waals surface area contributed by atoms with Gasteiger partial charge in [0, 0.05) is 32.9 Å². The van der Waals surface area contributed by atoms with E-state index in [-0.39, 0.29) is 5.41 Å². The van der Waals surface area contributed by atoms with Crippen molar-refractivity contribution < 1.29 is 4.42 Å². The van der Waals surface area contributed by atoms with Gasteiger partial charge in [0.25, 0.3) is 0 Å². The van der Waals surface area contributed by atoms with Gasteiger partial charge < -0.3 is 4.42 Å². The third-order valence-corrected chi connectivity index (χ3v) is 13.1. The molecule has 302 valence electrons. The van der Waals surface area contributed by atoms with Gasteiger partial charge in [-0.3, -0.25) is 0 Å². The summed E-state index contributed by atoms with van der Waals surface area (Å²) in [5.74, 6) is 0.680. The molecule has 0 atom stereocenters. The monoisotopic (exact) mass is 818 g/mol. The highest BCUT2D eigenvalue weighted by Crippen LogP contribution is 2.52. The van der Waals surface area contributed by atoms with Crippen LogP contribution in [0, 0.1) is 0 Å². The number of nitrogens with zero attached hydrogens (tertiary/aromatic N) is 2. The van der Waals surface area contributed by atoms with Gasteiger partial charge in [-0.1, -0.05) is 190 Å². The molecule has 0 saturated carbocycles. The van der Waals surface area contributed by atoms with Crippen molar-refractivity contribution in [2.24, 2.45) is 0 Å². The van der Waals surface area contributed by atoms with Crippen molar-refractivity contribution in [3.8, 4) is 89.5 Å². The van der Waals surface area contributed by atoms with E-state index in [9.17, 15) is 0 Å². The minimum absolute atomic E-state index is 0.0613. The molecule has 11 aromatic rings. The lowest BCUT2D eigenvalue weighted by atomic mass is 9.82. The van der Waals surface area contributed by atoms with E-state index in [1.807, 2.05) is 30.3 Å². The molecule has 2 heterocycles. The van der Waals surface area contributed by atoms with Crippen LogP contribution in [0.2, 0.25) is 0 Å². The standard InChI is InChI=1S/C61H42N2O/c1-61(2)53-25-13-11-23-51(53)59-49(24-15-26-54(59)61)40-28-30-41(31-29-40)55-38-56(63-60(62-55)42-18-7-4-8-19-42)46-35-44(43-32-33-58-52(37-43)50-22-12-14-27-57(50)64-58)34-45(36-46)48-21-10-9-20-47(48)39-16-5-3-6-17-39/h3-38H,1-2H3. The predicted molar refractivity (Wildman–Crippen MR) is 265 cm³/mol. The quantitative estimate of drug-likeness (QED) is 0.161. The topological polar surface area (TPSA) is 38.9 Å². The van der Waals surface area contributed by atoms with Gasteiger partial charge in [-0.2, -0.15) is 0 Å². The maximum atomic E-state index is 6.26. The Labute approximate surface area is 373 Å². The van der Waals surface area contributed by atoms with E-state index in [0.29, 0.717) is 5.82 Å². The van der Waals surface area contributed by atoms with Crippen LogP contribution in [0.5, 0.6) is 0 Å². The van der Waals surface area contributed by atoms with Crippen LogP contribution in [0.4, 0.5) is 0 Å². The molecule has 2 aromatic heterocycles. The van der Waals surface area contributed by atoms with Crippen LogP contribution in [0.25, 0.3) is 111 Å². The van der Waals surface area contributed by atoms with Gasteiger partial charge in [0.05, 0.1) is 11.4 Å². The number of aromatic nitrogens is 2. The highest BCUT2D eigenvalue weighted by Gasteiger charge is 2.36. The number of furan rings is 1. The van der Waals surface area contributed by atoms with Crippen LogP contribution < -0.4 is 0 Å². The largest absolute Gasteiger partial charge is 0.456 e. The highest BCUT2D eigenvalue weighted by atomic mass is 16.3. The van der Waals surface area contributed by atoms with Crippen LogP contribution in [0.3, 0.4) is 0 Å². The summed E-state index contributed by atoms with van der Waals surface area (Å²) < 4.78 is 6.26. The van der Waals surface area contributed by atoms with Crippen molar-refractivity contribution >= 4 is 21.9 Å². The number of benzene rings is 9. The van der Waals surface area contributed by atoms with E-state index in [1.165, 1.54) is 44.5 Å². The number of rotatable bonds is 7. The lowest BCUT2D eigenvalue weighted by Crippen LogP contribution is -2.14. The second-order valence-corrected chi connectivity index (χ2v) is 17.3. The summed E-state index contributed by atoms with van der Waals surface area (Å²) in [7, 11) is 0. The molecule has 0 aliphatic heterocycles. The second-order valence-electron chi connectivity index (χ2n) is 17.3. The van der Waals surface area contributed by atoms with E-state index >= 15 is 0 Å². The van der Waals surface area contributed by atoms with Crippen molar-refractivity contribution in [3.05, 3.63) is 230 Å². The molecule has 3 nitrogen and oxygen atoms in total. The Balaban J connectivity index is 1.03. The van der Waals surface area contributed by atoms with Gasteiger partial charge in [-0.15, -0.1) is 0 Å². The lowest BCUT2D eigenvalue weighted by molar-refractivity contribution is 0.660. The summed E-state index contributed by atoms with van der Waals surface area (Å²) in [6.07, 6.45) is 0. The summed E-state index contributed by atoms with van der Waals surface area (Å²) in [5, 5.41) is 2.20. The van der Waals surface area contributed by atoms with E-state index in [2.05, 4.69) is 202 Å². The summed E-state index contributed by atoms with van der Waals surface area (Å²) >= 11 is 0. The van der Waals surface area contributed by atoms with Gasteiger partial charge >= 0.3 is 0 Å². The zero-order valence-electron chi connectivity index (χ0n) is 35.6. The minimum atomic E-state index is -0.0613. The van der Waals surface area contributed by atoms with Gasteiger partial charge in [0.2, 0.25) is 0 Å². The van der Waals surface area contributed by atoms with Crippen molar-refractivity contribution in [1.82, 2.24) is 9.97 Å². The fourth-order valence-corrected chi connectivity index (χ4v) is 9.88. The third kappa shape index (κ3) is 6.36. The Bertz CT molecular complexity index is 3560. The van der Waals surface area contributed by atoms with Crippen molar-refractivity contribution in [2.75, 3.05) is 0 Å². The Kier molecular flexibility index (Phi) is 8.84. The molecule has 0 spiro atoms. The van der Waals surface area contributed by atoms with E-state index in [0.717, 1.165) is 72.3 Å². The average molecular weight is 819 g/mol. The maximum absolute atomic E-state index is 6.26. The number of fused-ring (bicyclic) bond motifs is 6. The fourth-order valence-electron chi connectivity index (χ4n) is 9.88. The lowest BCUT2D eigenvalue weighted by Gasteiger charge is -2.21. The molecule has 0 radical (unpaired) electrons. The average Bonchev–Trinajstić information content (AvgIpc) is 3.85. The number of hydrogen-bond acceptors (Lipinski definition) is 3. The number of hydrogen-bond donors (Lipinski definition) is 0. The smallest absolute Gasteiger partial charge is 0.160 e. The first-order valence-electron chi connectivity index (χ1n) is 22.0. The molecule has 64 heavy (non-hydrogen) atoms.